The van der Waals surface area contributed by atoms with Gasteiger partial charge in [-0.2, -0.15) is 0 Å². The summed E-state index contributed by atoms with van der Waals surface area (Å²) in [6, 6.07) is 0. The highest BCUT2D eigenvalue weighted by atomic mass is 16.6. The maximum Gasteiger partial charge on any atom is 0.306 e. The van der Waals surface area contributed by atoms with Crippen molar-refractivity contribution < 1.29 is 28.6 Å². The first kappa shape index (κ1) is 66.5. The molecule has 0 spiro atoms. The molecular weight excluding hydrogens is 889 g/mol. The molecule has 1 unspecified atom stereocenters. The van der Waals surface area contributed by atoms with E-state index < -0.39 is 6.10 Å². The molecule has 0 aliphatic heterocycles. The highest BCUT2D eigenvalue weighted by Gasteiger charge is 2.19. The molecule has 0 aromatic carbocycles. The second-order valence-corrected chi connectivity index (χ2v) is 17.6. The second kappa shape index (κ2) is 58.1. The van der Waals surface area contributed by atoms with E-state index >= 15 is 0 Å². The molecule has 0 aliphatic carbocycles. The van der Waals surface area contributed by atoms with Crippen LogP contribution in [0, 0.1) is 0 Å². The first-order chi connectivity index (χ1) is 35.5. The molecule has 0 aromatic rings. The predicted octanol–water partition coefficient (Wildman–Crippen LogP) is 18.9. The standard InChI is InChI=1S/C66H98O6/c1-4-7-10-13-16-19-22-25-28-31-33-36-38-41-44-47-50-53-56-59-65(68)71-62-63(61-70-64(67)58-55-52-49-46-43-40-37-34-30-27-24-21-18-15-12-9-6-3)72-66(69)60-57-54-51-48-45-42-39-35-32-29-26-23-20-17-14-11-8-5-2/h7,9-10,12,15-16,18-19,21,23-30,32-37,39-41,43-44,50,53,63H,4-6,8,11,13-14,17,20,22,31,38,42,45-49,51-52,54-62H2,1-3H3/b10-7-,12-9-,18-15-,19-16-,24-21-,26-23-,28-25-,30-27-,32-29-,36-33-,37-34+,39-35-,43-40-,44-41-,53-50-. The molecule has 6 heteroatoms. The summed E-state index contributed by atoms with van der Waals surface area (Å²) in [6.45, 7) is 6.21. The summed E-state index contributed by atoms with van der Waals surface area (Å²) >= 11 is 0. The summed E-state index contributed by atoms with van der Waals surface area (Å²) in [5.41, 5.74) is 0. The Morgan fingerprint density at radius 3 is 1.08 bits per heavy atom. The van der Waals surface area contributed by atoms with Gasteiger partial charge in [0.1, 0.15) is 13.2 Å². The van der Waals surface area contributed by atoms with Crippen molar-refractivity contribution in [3.05, 3.63) is 182 Å². The Kier molecular flexibility index (Phi) is 53.7. The van der Waals surface area contributed by atoms with Crippen LogP contribution in [0.5, 0.6) is 0 Å². The number of hydrogen-bond donors (Lipinski definition) is 0. The van der Waals surface area contributed by atoms with E-state index in [1.165, 1.54) is 32.1 Å². The molecule has 0 radical (unpaired) electrons. The molecule has 6 nitrogen and oxygen atoms in total. The molecule has 0 N–H and O–H groups in total. The van der Waals surface area contributed by atoms with Gasteiger partial charge < -0.3 is 14.2 Å². The van der Waals surface area contributed by atoms with E-state index in [2.05, 4.69) is 130 Å². The van der Waals surface area contributed by atoms with Gasteiger partial charge in [0, 0.05) is 19.3 Å². The van der Waals surface area contributed by atoms with Gasteiger partial charge in [-0.1, -0.05) is 254 Å². The van der Waals surface area contributed by atoms with Crippen LogP contribution >= 0.6 is 0 Å². The van der Waals surface area contributed by atoms with Crippen LogP contribution < -0.4 is 0 Å². The maximum atomic E-state index is 12.9. The fraction of sp³-hybridized carbons (Fsp3) is 0.500. The van der Waals surface area contributed by atoms with Gasteiger partial charge >= 0.3 is 17.9 Å². The average molecular weight is 988 g/mol. The Morgan fingerprint density at radius 2 is 0.639 bits per heavy atom. The summed E-state index contributed by atoms with van der Waals surface area (Å²) in [5, 5.41) is 0. The number of carbonyl (C=O) groups is 3. The number of allylic oxidation sites excluding steroid dienone is 30. The molecule has 0 saturated heterocycles. The average Bonchev–Trinajstić information content (AvgIpc) is 3.38. The zero-order valence-electron chi connectivity index (χ0n) is 45.4. The summed E-state index contributed by atoms with van der Waals surface area (Å²) in [6.07, 6.45) is 87.4. The van der Waals surface area contributed by atoms with Gasteiger partial charge in [-0.25, -0.2) is 0 Å². The zero-order chi connectivity index (χ0) is 52.2. The lowest BCUT2D eigenvalue weighted by Gasteiger charge is -2.18. The number of ether oxygens (including phenoxy) is 3. The van der Waals surface area contributed by atoms with Gasteiger partial charge in [-0.3, -0.25) is 14.4 Å². The molecule has 0 bridgehead atoms. The number of esters is 3. The molecule has 0 aliphatic rings. The number of rotatable bonds is 47. The highest BCUT2D eigenvalue weighted by molar-refractivity contribution is 5.71. The van der Waals surface area contributed by atoms with Crippen LogP contribution in [0.1, 0.15) is 194 Å². The number of carbonyl (C=O) groups excluding carboxylic acids is 3. The van der Waals surface area contributed by atoms with Crippen molar-refractivity contribution >= 4 is 17.9 Å². The smallest absolute Gasteiger partial charge is 0.306 e. The Labute approximate surface area is 440 Å². The minimum absolute atomic E-state index is 0.143. The first-order valence-electron chi connectivity index (χ1n) is 27.9. The van der Waals surface area contributed by atoms with Crippen molar-refractivity contribution in [2.75, 3.05) is 13.2 Å². The van der Waals surface area contributed by atoms with Crippen LogP contribution in [0.3, 0.4) is 0 Å². The van der Waals surface area contributed by atoms with Gasteiger partial charge in [0.2, 0.25) is 0 Å². The summed E-state index contributed by atoms with van der Waals surface area (Å²) in [5.74, 6) is -1.10. The summed E-state index contributed by atoms with van der Waals surface area (Å²) in [4.78, 5) is 38.1. The quantitative estimate of drug-likeness (QED) is 0.0199. The second-order valence-electron chi connectivity index (χ2n) is 17.6. The van der Waals surface area contributed by atoms with Gasteiger partial charge in [0.15, 0.2) is 6.10 Å². The molecule has 1 atom stereocenters. The fourth-order valence-corrected chi connectivity index (χ4v) is 6.73. The highest BCUT2D eigenvalue weighted by Crippen LogP contribution is 2.12. The van der Waals surface area contributed by atoms with Crippen molar-refractivity contribution in [3.8, 4) is 0 Å². The van der Waals surface area contributed by atoms with Crippen LogP contribution in [0.25, 0.3) is 0 Å². The van der Waals surface area contributed by atoms with Crippen LogP contribution in [-0.4, -0.2) is 37.2 Å². The van der Waals surface area contributed by atoms with Gasteiger partial charge in [-0.05, 0) is 103 Å². The van der Waals surface area contributed by atoms with E-state index in [-0.39, 0.29) is 50.4 Å². The molecule has 0 amide bonds. The third kappa shape index (κ3) is 55.4. The Bertz CT molecular complexity index is 1750. The SMILES string of the molecule is CC\C=C/C=C\C=C/C=C\C=C\C=C/CCCCCC(=O)OCC(COC(=O)CC/C=C\C/C=C\C/C=C\C/C=C\C/C=C\C/C=C\CC)OC(=O)CCCCCCC\C=C/C=C\C=C/CCCCCCC. The number of unbranched alkanes of at least 4 members (excludes halogenated alkanes) is 13. The molecule has 398 valence electrons. The van der Waals surface area contributed by atoms with Crippen molar-refractivity contribution in [2.24, 2.45) is 0 Å². The third-order valence-corrected chi connectivity index (χ3v) is 10.9. The van der Waals surface area contributed by atoms with E-state index in [0.29, 0.717) is 12.8 Å². The van der Waals surface area contributed by atoms with Crippen molar-refractivity contribution in [1.29, 1.82) is 0 Å². The molecule has 0 aromatic heterocycles. The minimum atomic E-state index is -0.850. The van der Waals surface area contributed by atoms with E-state index in [0.717, 1.165) is 109 Å². The molecule has 0 saturated carbocycles. The van der Waals surface area contributed by atoms with Gasteiger partial charge in [-0.15, -0.1) is 0 Å². The molecule has 72 heavy (non-hydrogen) atoms. The van der Waals surface area contributed by atoms with Crippen molar-refractivity contribution in [3.63, 3.8) is 0 Å². The zero-order valence-corrected chi connectivity index (χ0v) is 45.4. The summed E-state index contributed by atoms with van der Waals surface area (Å²) in [7, 11) is 0. The Morgan fingerprint density at radius 1 is 0.306 bits per heavy atom. The van der Waals surface area contributed by atoms with Crippen LogP contribution in [-0.2, 0) is 28.6 Å². The lowest BCUT2D eigenvalue weighted by molar-refractivity contribution is -0.166. The molecule has 0 rings (SSSR count). The first-order valence-corrected chi connectivity index (χ1v) is 27.9. The lowest BCUT2D eigenvalue weighted by Crippen LogP contribution is -2.30. The van der Waals surface area contributed by atoms with Gasteiger partial charge in [0.25, 0.3) is 0 Å². The Hall–Kier alpha value is -5.49. The van der Waals surface area contributed by atoms with Crippen molar-refractivity contribution in [2.45, 2.75) is 200 Å². The largest absolute Gasteiger partial charge is 0.462 e. The fourth-order valence-electron chi connectivity index (χ4n) is 6.73. The van der Waals surface area contributed by atoms with Crippen LogP contribution in [0.2, 0.25) is 0 Å². The Balaban J connectivity index is 4.68. The molecular formula is C66H98O6. The molecule has 0 fully saturated rings. The minimum Gasteiger partial charge on any atom is -0.462 e. The van der Waals surface area contributed by atoms with E-state index in [9.17, 15) is 14.4 Å². The molecule has 0 heterocycles. The van der Waals surface area contributed by atoms with E-state index in [1.54, 1.807) is 0 Å². The normalized spacial score (nSPS) is 13.5. The maximum absolute atomic E-state index is 12.9. The van der Waals surface area contributed by atoms with Crippen molar-refractivity contribution in [1.82, 2.24) is 0 Å². The van der Waals surface area contributed by atoms with E-state index in [4.69, 9.17) is 14.2 Å². The number of hydrogen-bond acceptors (Lipinski definition) is 6. The van der Waals surface area contributed by atoms with Crippen LogP contribution in [0.4, 0.5) is 0 Å². The van der Waals surface area contributed by atoms with E-state index in [1.807, 2.05) is 72.9 Å². The lowest BCUT2D eigenvalue weighted by atomic mass is 10.1. The van der Waals surface area contributed by atoms with Gasteiger partial charge in [0.05, 0.1) is 0 Å². The monoisotopic (exact) mass is 987 g/mol. The topological polar surface area (TPSA) is 78.9 Å². The predicted molar refractivity (Wildman–Crippen MR) is 311 cm³/mol. The summed E-state index contributed by atoms with van der Waals surface area (Å²) < 4.78 is 16.7. The third-order valence-electron chi connectivity index (χ3n) is 10.9. The van der Waals surface area contributed by atoms with Crippen LogP contribution in [0.15, 0.2) is 182 Å².